The maximum Gasteiger partial charge on any atom is 0.311 e. The van der Waals surface area contributed by atoms with Crippen molar-refractivity contribution < 1.29 is 71.6 Å². The topological polar surface area (TPSA) is 212 Å². The third-order valence-corrected chi connectivity index (χ3v) is 13.4. The van der Waals surface area contributed by atoms with E-state index in [1.807, 2.05) is 60.5 Å². The highest BCUT2D eigenvalue weighted by Crippen LogP contribution is 2.43. The summed E-state index contributed by atoms with van der Waals surface area (Å²) < 4.78 is 69.7. The number of aliphatic hydroxyl groups excluding tert-OH is 1. The molecule has 0 bridgehead atoms. The van der Waals surface area contributed by atoms with Gasteiger partial charge >= 0.3 is 11.9 Å². The van der Waals surface area contributed by atoms with Crippen molar-refractivity contribution in [1.82, 2.24) is 10.2 Å². The fourth-order valence-corrected chi connectivity index (χ4v) is 9.99. The van der Waals surface area contributed by atoms with Gasteiger partial charge in [-0.25, -0.2) is 0 Å². The fraction of sp³-hybridized carbons (Fsp3) is 0.909. The van der Waals surface area contributed by atoms with E-state index in [9.17, 15) is 24.8 Å². The smallest absolute Gasteiger partial charge is 0.311 e. The minimum Gasteiger partial charge on any atom is -0.459 e. The quantitative estimate of drug-likeness (QED) is 0.212. The number of amides is 1. The van der Waals surface area contributed by atoms with Gasteiger partial charge in [0.05, 0.1) is 72.7 Å². The Hall–Kier alpha value is -2.54. The van der Waals surface area contributed by atoms with Gasteiger partial charge in [-0.2, -0.15) is 5.26 Å². The summed E-state index contributed by atoms with van der Waals surface area (Å²) >= 11 is 0. The van der Waals surface area contributed by atoms with Crippen LogP contribution < -0.4 is 5.32 Å². The molecule has 0 aromatic heterocycles. The van der Waals surface area contributed by atoms with Crippen molar-refractivity contribution >= 4 is 17.8 Å². The van der Waals surface area contributed by atoms with Gasteiger partial charge in [-0.3, -0.25) is 14.4 Å². The molecule has 0 aromatic carbocycles. The first kappa shape index (κ1) is 52.1. The average Bonchev–Trinajstić information content (AvgIpc) is 3.52. The number of cyclic esters (lactones) is 1. The number of rotatable bonds is 12. The summed E-state index contributed by atoms with van der Waals surface area (Å²) in [4.78, 5) is 43.5. The van der Waals surface area contributed by atoms with Gasteiger partial charge in [-0.05, 0) is 81.8 Å². The molecule has 2 unspecified atom stereocenters. The summed E-state index contributed by atoms with van der Waals surface area (Å²) in [6.07, 6.45) is -6.91. The molecular formula is C44H75N3O15. The van der Waals surface area contributed by atoms with Crippen molar-refractivity contribution in [3.05, 3.63) is 0 Å². The Balaban J connectivity index is 1.89. The predicted molar refractivity (Wildman–Crippen MR) is 222 cm³/mol. The number of fused-ring (bicyclic) bond motifs is 1. The molecule has 4 rings (SSSR count). The summed E-state index contributed by atoms with van der Waals surface area (Å²) in [7, 11) is 6.89. The maximum atomic E-state index is 14.7. The molecule has 0 spiro atoms. The second-order valence-electron chi connectivity index (χ2n) is 18.6. The number of esters is 2. The van der Waals surface area contributed by atoms with Gasteiger partial charge in [0.15, 0.2) is 18.7 Å². The molecule has 4 saturated heterocycles. The van der Waals surface area contributed by atoms with Gasteiger partial charge in [0.25, 0.3) is 6.48 Å². The van der Waals surface area contributed by atoms with E-state index in [1.165, 1.54) is 14.0 Å². The van der Waals surface area contributed by atoms with Crippen LogP contribution in [0, 0.1) is 29.1 Å². The average molecular weight is 886 g/mol. The molecule has 0 aliphatic carbocycles. The molecular weight excluding hydrogens is 810 g/mol. The van der Waals surface area contributed by atoms with Crippen LogP contribution in [-0.4, -0.2) is 160 Å². The van der Waals surface area contributed by atoms with E-state index < -0.39 is 114 Å². The molecule has 4 fully saturated rings. The molecule has 62 heavy (non-hydrogen) atoms. The lowest BCUT2D eigenvalue weighted by Gasteiger charge is -2.50. The van der Waals surface area contributed by atoms with Crippen molar-refractivity contribution in [3.63, 3.8) is 0 Å². The van der Waals surface area contributed by atoms with Crippen LogP contribution in [0.2, 0.25) is 0 Å². The normalized spacial score (nSPS) is 44.9. The van der Waals surface area contributed by atoms with Crippen molar-refractivity contribution in [1.29, 1.82) is 5.26 Å². The summed E-state index contributed by atoms with van der Waals surface area (Å²) in [6.45, 7) is 18.0. The third-order valence-electron chi connectivity index (χ3n) is 13.4. The summed E-state index contributed by atoms with van der Waals surface area (Å²) in [5, 5.41) is 22.9. The number of likely N-dealkylation sites (N-methyl/N-ethyl adjacent to an activating group) is 1. The molecule has 0 saturated carbocycles. The Kier molecular flexibility index (Phi) is 18.2. The van der Waals surface area contributed by atoms with Gasteiger partial charge in [0.2, 0.25) is 5.91 Å². The maximum absolute atomic E-state index is 14.7. The SMILES string of the molecule is CC[C@H]1OC(=O)[C@H](C)[C@@H](O[C@H]2C[C@@](C)(OC)C(OCCC#N)[C@H](C)O2)[C@H](C)[C@@H](O[C@@H]2O[C@H](C)C[C@H](N(C)C)[C@H]2OC(C)=O)[C@](C)(OC)C[C@@H](C)C(=O)N[C@H](C)[C@H]2OC(O)O[C@@]21C. The molecule has 2 N–H and O–H groups in total. The number of carbonyl (C=O) groups excluding carboxylic acids is 3. The lowest BCUT2D eigenvalue weighted by molar-refractivity contribution is -0.322. The monoisotopic (exact) mass is 886 g/mol. The van der Waals surface area contributed by atoms with Gasteiger partial charge in [0, 0.05) is 39.4 Å². The fourth-order valence-electron chi connectivity index (χ4n) is 9.99. The van der Waals surface area contributed by atoms with Crippen LogP contribution in [0.3, 0.4) is 0 Å². The van der Waals surface area contributed by atoms with Crippen LogP contribution in [0.1, 0.15) is 108 Å². The van der Waals surface area contributed by atoms with Crippen LogP contribution in [0.25, 0.3) is 0 Å². The number of methoxy groups -OCH3 is 2. The number of ether oxygens (including phenoxy) is 11. The minimum atomic E-state index is -1.63. The summed E-state index contributed by atoms with van der Waals surface area (Å²) in [5.41, 5.74) is -3.59. The summed E-state index contributed by atoms with van der Waals surface area (Å²) in [6, 6.07) is 1.12. The highest BCUT2D eigenvalue weighted by molar-refractivity contribution is 5.78. The molecule has 18 nitrogen and oxygen atoms in total. The molecule has 4 aliphatic heterocycles. The van der Waals surface area contributed by atoms with Gasteiger partial charge in [-0.1, -0.05) is 20.8 Å². The minimum absolute atomic E-state index is 0.111. The van der Waals surface area contributed by atoms with Crippen LogP contribution in [0.15, 0.2) is 0 Å². The van der Waals surface area contributed by atoms with E-state index in [0.717, 1.165) is 0 Å². The van der Waals surface area contributed by atoms with Crippen LogP contribution in [0.4, 0.5) is 0 Å². The number of carbonyl (C=O) groups is 3. The van der Waals surface area contributed by atoms with E-state index in [0.29, 0.717) is 6.42 Å². The number of hydrogen-bond acceptors (Lipinski definition) is 17. The molecule has 0 aromatic rings. The highest BCUT2D eigenvalue weighted by atomic mass is 16.8. The highest BCUT2D eigenvalue weighted by Gasteiger charge is 2.57. The Morgan fingerprint density at radius 2 is 1.60 bits per heavy atom. The molecule has 356 valence electrons. The number of nitrogens with one attached hydrogen (secondary N) is 1. The first-order valence-electron chi connectivity index (χ1n) is 22.0. The van der Waals surface area contributed by atoms with E-state index in [2.05, 4.69) is 11.4 Å². The lowest BCUT2D eigenvalue weighted by Crippen LogP contribution is -2.61. The van der Waals surface area contributed by atoms with Crippen LogP contribution >= 0.6 is 0 Å². The Morgan fingerprint density at radius 3 is 2.18 bits per heavy atom. The third kappa shape index (κ3) is 11.6. The number of hydrogen-bond donors (Lipinski definition) is 2. The van der Waals surface area contributed by atoms with E-state index in [-0.39, 0.29) is 50.3 Å². The predicted octanol–water partition coefficient (Wildman–Crippen LogP) is 3.59. The number of nitriles is 1. The second-order valence-corrected chi connectivity index (χ2v) is 18.6. The molecule has 0 radical (unpaired) electrons. The van der Waals surface area contributed by atoms with Gasteiger partial charge in [-0.15, -0.1) is 0 Å². The summed E-state index contributed by atoms with van der Waals surface area (Å²) in [5.74, 6) is -3.94. The Labute approximate surface area is 368 Å². The van der Waals surface area contributed by atoms with Crippen molar-refractivity contribution in [3.8, 4) is 6.07 Å². The molecule has 4 aliphatic rings. The van der Waals surface area contributed by atoms with Gasteiger partial charge in [0.1, 0.15) is 23.9 Å². The Morgan fingerprint density at radius 1 is 0.952 bits per heavy atom. The Bertz CT molecular complexity index is 1550. The van der Waals surface area contributed by atoms with Crippen LogP contribution in [-0.2, 0) is 66.5 Å². The molecule has 1 amide bonds. The zero-order valence-electron chi connectivity index (χ0n) is 39.5. The number of aliphatic hydroxyl groups is 1. The van der Waals surface area contributed by atoms with E-state index in [4.69, 9.17) is 52.1 Å². The molecule has 18 heteroatoms. The van der Waals surface area contributed by atoms with Gasteiger partial charge < -0.3 is 67.4 Å². The zero-order chi connectivity index (χ0) is 46.5. The second kappa shape index (κ2) is 21.6. The number of nitrogens with zero attached hydrogens (tertiary/aromatic N) is 2. The first-order chi connectivity index (χ1) is 29.0. The first-order valence-corrected chi connectivity index (χ1v) is 22.0. The molecule has 4 heterocycles. The van der Waals surface area contributed by atoms with E-state index in [1.54, 1.807) is 34.8 Å². The zero-order valence-corrected chi connectivity index (χ0v) is 39.5. The largest absolute Gasteiger partial charge is 0.459 e. The van der Waals surface area contributed by atoms with Crippen molar-refractivity contribution in [2.24, 2.45) is 17.8 Å². The molecule has 19 atom stereocenters. The van der Waals surface area contributed by atoms with Crippen molar-refractivity contribution in [2.45, 2.75) is 205 Å². The standard InChI is InChI=1S/C44H75N3O15/c1-16-31-44(11)36(61-41(51)62-44)27(6)46-38(49)23(2)21-42(9,52-14)35(60-40-34(57-29(8)48)30(47(12)13)20-24(3)55-40)25(4)33(26(5)39(50)58-31)59-32-22-43(10,53-15)37(28(7)56-32)54-19-17-18-45/h23-28,30-37,40-41,51H,16-17,19-22H2,1-15H3,(H,46,49)/t23-,24-,25+,26-,27-,28+,30+,31-,32+,33+,34-,35-,36-,37?,40+,41?,42-,43-,44-/m1/s1. The van der Waals surface area contributed by atoms with Crippen LogP contribution in [0.5, 0.6) is 0 Å². The van der Waals surface area contributed by atoms with E-state index >= 15 is 0 Å². The lowest BCUT2D eigenvalue weighted by atomic mass is 9.77. The van der Waals surface area contributed by atoms with Crippen molar-refractivity contribution in [2.75, 3.05) is 34.9 Å².